The Bertz CT molecular complexity index is 633. The Morgan fingerprint density at radius 3 is 2.71 bits per heavy atom. The van der Waals surface area contributed by atoms with Crippen LogP contribution in [-0.2, 0) is 22.4 Å². The summed E-state index contributed by atoms with van der Waals surface area (Å²) < 4.78 is 0. The molecule has 112 valence electrons. The summed E-state index contributed by atoms with van der Waals surface area (Å²) in [5.74, 6) is -1.84. The van der Waals surface area contributed by atoms with E-state index < -0.39 is 17.8 Å². The number of fused-ring (bicyclic) bond motifs is 1. The highest BCUT2D eigenvalue weighted by Crippen LogP contribution is 2.39. The Labute approximate surface area is 125 Å². The second-order valence-corrected chi connectivity index (χ2v) is 6.19. The molecule has 1 aromatic heterocycles. The fourth-order valence-electron chi connectivity index (χ4n) is 2.40. The van der Waals surface area contributed by atoms with E-state index in [-0.39, 0.29) is 0 Å². The van der Waals surface area contributed by atoms with E-state index in [2.05, 4.69) is 12.2 Å². The van der Waals surface area contributed by atoms with Gasteiger partial charge >= 0.3 is 5.97 Å². The number of rotatable bonds is 4. The van der Waals surface area contributed by atoms with E-state index in [9.17, 15) is 14.4 Å². The van der Waals surface area contributed by atoms with E-state index >= 15 is 0 Å². The van der Waals surface area contributed by atoms with E-state index in [1.807, 2.05) is 0 Å². The van der Waals surface area contributed by atoms with Gasteiger partial charge in [0.25, 0.3) is 5.91 Å². The van der Waals surface area contributed by atoms with Crippen molar-refractivity contribution >= 4 is 34.1 Å². The molecule has 1 unspecified atom stereocenters. The van der Waals surface area contributed by atoms with Crippen molar-refractivity contribution in [3.8, 4) is 0 Å². The second kappa shape index (κ2) is 6.09. The van der Waals surface area contributed by atoms with Gasteiger partial charge in [0.15, 0.2) is 0 Å². The van der Waals surface area contributed by atoms with Crippen LogP contribution in [0.1, 0.15) is 34.1 Å². The molecule has 1 aromatic rings. The number of hydrogen-bond acceptors (Lipinski definition) is 4. The lowest BCUT2D eigenvalue weighted by Crippen LogP contribution is -2.18. The van der Waals surface area contributed by atoms with Crippen LogP contribution in [0.15, 0.2) is 12.2 Å². The zero-order chi connectivity index (χ0) is 15.6. The van der Waals surface area contributed by atoms with Crippen LogP contribution < -0.4 is 11.1 Å². The first-order valence-corrected chi connectivity index (χ1v) is 7.36. The summed E-state index contributed by atoms with van der Waals surface area (Å²) in [4.78, 5) is 34.8. The first-order chi connectivity index (χ1) is 9.88. The molecule has 0 saturated carbocycles. The predicted octanol–water partition coefficient (Wildman–Crippen LogP) is 1.55. The highest BCUT2D eigenvalue weighted by atomic mass is 32.1. The van der Waals surface area contributed by atoms with Crippen molar-refractivity contribution < 1.29 is 19.5 Å². The summed E-state index contributed by atoms with van der Waals surface area (Å²) in [6.07, 6.45) is 4.27. The number of thiophene rings is 1. The molecule has 0 radical (unpaired) electrons. The number of aliphatic carboxylic acids is 1. The number of hydrogen-bond donors (Lipinski definition) is 3. The minimum absolute atomic E-state index is 0.360. The summed E-state index contributed by atoms with van der Waals surface area (Å²) in [7, 11) is 0. The van der Waals surface area contributed by atoms with Gasteiger partial charge in [-0.15, -0.1) is 11.3 Å². The number of carbonyl (C=O) groups is 3. The molecule has 0 spiro atoms. The molecular formula is C14H16N2O4S. The Morgan fingerprint density at radius 2 is 2.10 bits per heavy atom. The lowest BCUT2D eigenvalue weighted by molar-refractivity contribution is -0.131. The van der Waals surface area contributed by atoms with Gasteiger partial charge in [-0.05, 0) is 30.7 Å². The number of nitrogens with two attached hydrogens (primary N) is 1. The summed E-state index contributed by atoms with van der Waals surface area (Å²) in [6.45, 7) is 2.14. The van der Waals surface area contributed by atoms with Crippen molar-refractivity contribution in [2.75, 3.05) is 5.32 Å². The summed E-state index contributed by atoms with van der Waals surface area (Å²) >= 11 is 1.34. The maximum atomic E-state index is 11.7. The van der Waals surface area contributed by atoms with Crippen molar-refractivity contribution in [1.29, 1.82) is 0 Å². The number of carboxylic acid groups (broad SMARTS) is 1. The Hall–Kier alpha value is -2.15. The molecule has 2 rings (SSSR count). The van der Waals surface area contributed by atoms with Crippen LogP contribution in [-0.4, -0.2) is 22.9 Å². The quantitative estimate of drug-likeness (QED) is 0.733. The molecule has 0 aliphatic heterocycles. The van der Waals surface area contributed by atoms with Gasteiger partial charge in [0.2, 0.25) is 5.91 Å². The Morgan fingerprint density at radius 1 is 1.38 bits per heavy atom. The van der Waals surface area contributed by atoms with E-state index in [0.29, 0.717) is 16.5 Å². The average molecular weight is 308 g/mol. The molecule has 0 fully saturated rings. The van der Waals surface area contributed by atoms with E-state index in [0.717, 1.165) is 41.9 Å². The maximum Gasteiger partial charge on any atom is 0.328 e. The molecule has 6 nitrogen and oxygen atoms in total. The lowest BCUT2D eigenvalue weighted by Gasteiger charge is -2.18. The van der Waals surface area contributed by atoms with Gasteiger partial charge in [0.1, 0.15) is 5.00 Å². The third-order valence-electron chi connectivity index (χ3n) is 3.37. The summed E-state index contributed by atoms with van der Waals surface area (Å²) in [6, 6.07) is 0. The fraction of sp³-hybridized carbons (Fsp3) is 0.357. The third kappa shape index (κ3) is 3.49. The van der Waals surface area contributed by atoms with Crippen LogP contribution in [0, 0.1) is 5.92 Å². The van der Waals surface area contributed by atoms with Gasteiger partial charge in [-0.1, -0.05) is 6.92 Å². The van der Waals surface area contributed by atoms with Crippen LogP contribution in [0.2, 0.25) is 0 Å². The molecule has 21 heavy (non-hydrogen) atoms. The molecular weight excluding hydrogens is 292 g/mol. The monoisotopic (exact) mass is 308 g/mol. The van der Waals surface area contributed by atoms with Gasteiger partial charge in [-0.3, -0.25) is 9.59 Å². The minimum Gasteiger partial charge on any atom is -0.478 e. The van der Waals surface area contributed by atoms with Crippen molar-refractivity contribution in [2.45, 2.75) is 26.2 Å². The van der Waals surface area contributed by atoms with E-state index in [4.69, 9.17) is 10.8 Å². The molecule has 4 N–H and O–H groups in total. The molecule has 0 saturated heterocycles. The third-order valence-corrected chi connectivity index (χ3v) is 4.54. The molecule has 7 heteroatoms. The number of nitrogens with one attached hydrogen (secondary N) is 1. The van der Waals surface area contributed by atoms with Crippen LogP contribution in [0.25, 0.3) is 0 Å². The van der Waals surface area contributed by atoms with Crippen molar-refractivity contribution in [3.05, 3.63) is 28.2 Å². The number of carboxylic acids is 1. The Balaban J connectivity index is 2.29. The van der Waals surface area contributed by atoms with Gasteiger partial charge in [-0.25, -0.2) is 4.79 Å². The highest BCUT2D eigenvalue weighted by Gasteiger charge is 2.26. The number of anilines is 1. The standard InChI is InChI=1S/C14H16N2O4S/c1-7-2-3-8-9(6-7)21-14(12(8)13(15)20)16-10(17)4-5-11(18)19/h4-5,7H,2-3,6H2,1H3,(H2,15,20)(H,16,17)(H,18,19). The molecule has 2 amide bonds. The van der Waals surface area contributed by atoms with Crippen LogP contribution >= 0.6 is 11.3 Å². The first-order valence-electron chi connectivity index (χ1n) is 6.54. The maximum absolute atomic E-state index is 11.7. The van der Waals surface area contributed by atoms with Crippen molar-refractivity contribution in [1.82, 2.24) is 0 Å². The normalized spacial score (nSPS) is 17.5. The van der Waals surface area contributed by atoms with Crippen molar-refractivity contribution in [2.24, 2.45) is 11.7 Å². The number of primary amides is 1. The average Bonchev–Trinajstić information content (AvgIpc) is 2.73. The first kappa shape index (κ1) is 15.2. The molecule has 1 heterocycles. The van der Waals surface area contributed by atoms with Gasteiger partial charge in [0.05, 0.1) is 5.56 Å². The highest BCUT2D eigenvalue weighted by molar-refractivity contribution is 7.17. The zero-order valence-electron chi connectivity index (χ0n) is 11.5. The smallest absolute Gasteiger partial charge is 0.328 e. The van der Waals surface area contributed by atoms with Crippen LogP contribution in [0.3, 0.4) is 0 Å². The zero-order valence-corrected chi connectivity index (χ0v) is 12.3. The molecule has 0 aromatic carbocycles. The summed E-state index contributed by atoms with van der Waals surface area (Å²) in [5.41, 5.74) is 6.70. The van der Waals surface area contributed by atoms with E-state index in [1.54, 1.807) is 0 Å². The van der Waals surface area contributed by atoms with E-state index in [1.165, 1.54) is 11.3 Å². The number of carbonyl (C=O) groups excluding carboxylic acids is 2. The Kier molecular flexibility index (Phi) is 4.42. The predicted molar refractivity (Wildman–Crippen MR) is 79.4 cm³/mol. The van der Waals surface area contributed by atoms with Crippen molar-refractivity contribution in [3.63, 3.8) is 0 Å². The summed E-state index contributed by atoms with van der Waals surface area (Å²) in [5, 5.41) is 11.4. The molecule has 1 aliphatic rings. The fourth-order valence-corrected chi connectivity index (χ4v) is 3.82. The van der Waals surface area contributed by atoms with Crippen LogP contribution in [0.4, 0.5) is 5.00 Å². The van der Waals surface area contributed by atoms with Gasteiger partial charge in [0, 0.05) is 17.0 Å². The minimum atomic E-state index is -1.21. The molecule has 0 bridgehead atoms. The van der Waals surface area contributed by atoms with Gasteiger partial charge in [-0.2, -0.15) is 0 Å². The largest absolute Gasteiger partial charge is 0.478 e. The SMILES string of the molecule is CC1CCc2c(sc(NC(=O)C=CC(=O)O)c2C(N)=O)C1. The second-order valence-electron chi connectivity index (χ2n) is 5.08. The topological polar surface area (TPSA) is 109 Å². The van der Waals surface area contributed by atoms with Gasteiger partial charge < -0.3 is 16.2 Å². The lowest BCUT2D eigenvalue weighted by atomic mass is 9.88. The van der Waals surface area contributed by atoms with Crippen LogP contribution in [0.5, 0.6) is 0 Å². The molecule has 1 aliphatic carbocycles. The number of amides is 2. The molecule has 1 atom stereocenters.